The van der Waals surface area contributed by atoms with Crippen molar-refractivity contribution in [2.75, 3.05) is 6.61 Å². The Kier molecular flexibility index (Phi) is 5.86. The van der Waals surface area contributed by atoms with Crippen LogP contribution in [0.3, 0.4) is 0 Å². The molecule has 1 aromatic rings. The zero-order chi connectivity index (χ0) is 14.4. The lowest BCUT2D eigenvalue weighted by atomic mass is 9.92. The van der Waals surface area contributed by atoms with E-state index in [1.807, 2.05) is 12.1 Å². The summed E-state index contributed by atoms with van der Waals surface area (Å²) >= 11 is 0. The number of ether oxygens (including phenoxy) is 1. The second kappa shape index (κ2) is 7.65. The average Bonchev–Trinajstić information content (AvgIpc) is 2.45. The molecule has 3 nitrogen and oxygen atoms in total. The second-order valence-electron chi connectivity index (χ2n) is 6.19. The van der Waals surface area contributed by atoms with Crippen molar-refractivity contribution in [3.05, 3.63) is 29.8 Å². The molecule has 2 unspecified atom stereocenters. The van der Waals surface area contributed by atoms with Crippen LogP contribution >= 0.6 is 0 Å². The van der Waals surface area contributed by atoms with Crippen LogP contribution in [0.5, 0.6) is 5.75 Å². The van der Waals surface area contributed by atoms with Gasteiger partial charge in [-0.2, -0.15) is 0 Å². The maximum absolute atomic E-state index is 9.93. The van der Waals surface area contributed by atoms with Crippen LogP contribution in [0.15, 0.2) is 24.3 Å². The van der Waals surface area contributed by atoms with Gasteiger partial charge in [-0.1, -0.05) is 38.8 Å². The average molecular weight is 277 g/mol. The number of aliphatic hydroxyl groups excluding tert-OH is 1. The number of benzene rings is 1. The fourth-order valence-electron chi connectivity index (χ4n) is 2.56. The van der Waals surface area contributed by atoms with Gasteiger partial charge in [-0.15, -0.1) is 0 Å². The molecule has 0 amide bonds. The summed E-state index contributed by atoms with van der Waals surface area (Å²) in [5.41, 5.74) is 1.24. The van der Waals surface area contributed by atoms with Crippen LogP contribution in [-0.4, -0.2) is 23.9 Å². The summed E-state index contributed by atoms with van der Waals surface area (Å²) in [5.74, 6) is 1.48. The summed E-state index contributed by atoms with van der Waals surface area (Å²) in [6.45, 7) is 5.86. The topological polar surface area (TPSA) is 41.5 Å². The van der Waals surface area contributed by atoms with Gasteiger partial charge < -0.3 is 15.2 Å². The molecule has 1 fully saturated rings. The summed E-state index contributed by atoms with van der Waals surface area (Å²) < 4.78 is 5.67. The predicted molar refractivity (Wildman–Crippen MR) is 81.9 cm³/mol. The van der Waals surface area contributed by atoms with Crippen LogP contribution in [0.4, 0.5) is 0 Å². The summed E-state index contributed by atoms with van der Waals surface area (Å²) in [4.78, 5) is 0. The molecule has 3 heteroatoms. The predicted octanol–water partition coefficient (Wildman–Crippen LogP) is 3.11. The lowest BCUT2D eigenvalue weighted by molar-refractivity contribution is 0.0902. The first-order chi connectivity index (χ1) is 9.65. The smallest absolute Gasteiger partial charge is 0.119 e. The Morgan fingerprint density at radius 2 is 1.90 bits per heavy atom. The molecule has 0 aliphatic heterocycles. The highest BCUT2D eigenvalue weighted by molar-refractivity contribution is 5.27. The van der Waals surface area contributed by atoms with Gasteiger partial charge in [0.2, 0.25) is 0 Å². The van der Waals surface area contributed by atoms with Crippen molar-refractivity contribution in [2.45, 2.75) is 58.2 Å². The van der Waals surface area contributed by atoms with E-state index in [-0.39, 0.29) is 12.1 Å². The summed E-state index contributed by atoms with van der Waals surface area (Å²) in [6, 6.07) is 8.49. The van der Waals surface area contributed by atoms with E-state index in [0.29, 0.717) is 5.92 Å². The molecular weight excluding hydrogens is 250 g/mol. The maximum atomic E-state index is 9.93. The monoisotopic (exact) mass is 277 g/mol. The van der Waals surface area contributed by atoms with Gasteiger partial charge in [-0.3, -0.25) is 0 Å². The van der Waals surface area contributed by atoms with Gasteiger partial charge in [0.05, 0.1) is 12.7 Å². The molecule has 0 spiro atoms. The molecule has 1 saturated carbocycles. The maximum Gasteiger partial charge on any atom is 0.119 e. The van der Waals surface area contributed by atoms with Gasteiger partial charge in [0.1, 0.15) is 5.75 Å². The summed E-state index contributed by atoms with van der Waals surface area (Å²) in [7, 11) is 0. The minimum Gasteiger partial charge on any atom is -0.493 e. The van der Waals surface area contributed by atoms with Crippen LogP contribution in [-0.2, 0) is 6.54 Å². The Bertz CT molecular complexity index is 388. The van der Waals surface area contributed by atoms with Crippen molar-refractivity contribution in [3.63, 3.8) is 0 Å². The molecule has 20 heavy (non-hydrogen) atoms. The standard InChI is InChI=1S/C17H27NO2/c1-13(2)12-20-15-9-7-14(8-10-15)11-18-16-5-3-4-6-17(16)19/h7-10,13,16-19H,3-6,11-12H2,1-2H3. The SMILES string of the molecule is CC(C)COc1ccc(CNC2CCCCC2O)cc1. The van der Waals surface area contributed by atoms with Crippen LogP contribution < -0.4 is 10.1 Å². The fourth-order valence-corrected chi connectivity index (χ4v) is 2.56. The Morgan fingerprint density at radius 1 is 1.20 bits per heavy atom. The Labute approximate surface area is 122 Å². The van der Waals surface area contributed by atoms with Gasteiger partial charge in [0.15, 0.2) is 0 Å². The zero-order valence-corrected chi connectivity index (χ0v) is 12.6. The van der Waals surface area contributed by atoms with Gasteiger partial charge in [0.25, 0.3) is 0 Å². The molecule has 0 heterocycles. The highest BCUT2D eigenvalue weighted by Gasteiger charge is 2.21. The Balaban J connectivity index is 1.78. The molecule has 0 radical (unpaired) electrons. The van der Waals surface area contributed by atoms with E-state index in [4.69, 9.17) is 4.74 Å². The molecule has 2 rings (SSSR count). The first-order valence-electron chi connectivity index (χ1n) is 7.78. The van der Waals surface area contributed by atoms with Crippen LogP contribution in [0, 0.1) is 5.92 Å². The van der Waals surface area contributed by atoms with E-state index in [1.165, 1.54) is 12.0 Å². The number of hydrogen-bond donors (Lipinski definition) is 2. The molecule has 0 bridgehead atoms. The van der Waals surface area contributed by atoms with Gasteiger partial charge >= 0.3 is 0 Å². The molecular formula is C17H27NO2. The van der Waals surface area contributed by atoms with Crippen molar-refractivity contribution < 1.29 is 9.84 Å². The zero-order valence-electron chi connectivity index (χ0n) is 12.6. The van der Waals surface area contributed by atoms with E-state index >= 15 is 0 Å². The lowest BCUT2D eigenvalue weighted by Crippen LogP contribution is -2.41. The molecule has 0 saturated heterocycles. The number of aliphatic hydroxyl groups is 1. The third kappa shape index (κ3) is 4.80. The van der Waals surface area contributed by atoms with Crippen LogP contribution in [0.25, 0.3) is 0 Å². The second-order valence-corrected chi connectivity index (χ2v) is 6.19. The van der Waals surface area contributed by atoms with Crippen molar-refractivity contribution in [3.8, 4) is 5.75 Å². The summed E-state index contributed by atoms with van der Waals surface area (Å²) in [5, 5.41) is 13.4. The van der Waals surface area contributed by atoms with E-state index in [2.05, 4.69) is 31.3 Å². The van der Waals surface area contributed by atoms with Gasteiger partial charge in [-0.25, -0.2) is 0 Å². The lowest BCUT2D eigenvalue weighted by Gasteiger charge is -2.28. The minimum absolute atomic E-state index is 0.183. The first kappa shape index (κ1) is 15.3. The third-order valence-electron chi connectivity index (χ3n) is 3.80. The van der Waals surface area contributed by atoms with E-state index in [1.54, 1.807) is 0 Å². The molecule has 0 aromatic heterocycles. The van der Waals surface area contributed by atoms with Crippen molar-refractivity contribution in [1.29, 1.82) is 0 Å². The van der Waals surface area contributed by atoms with Crippen molar-refractivity contribution in [2.24, 2.45) is 5.92 Å². The van der Waals surface area contributed by atoms with E-state index < -0.39 is 0 Å². The quantitative estimate of drug-likeness (QED) is 0.839. The van der Waals surface area contributed by atoms with Gasteiger partial charge in [-0.05, 0) is 36.5 Å². The molecule has 1 aliphatic carbocycles. The van der Waals surface area contributed by atoms with Crippen LogP contribution in [0.2, 0.25) is 0 Å². The number of hydrogen-bond acceptors (Lipinski definition) is 3. The van der Waals surface area contributed by atoms with Crippen LogP contribution in [0.1, 0.15) is 45.1 Å². The molecule has 1 aliphatic rings. The highest BCUT2D eigenvalue weighted by atomic mass is 16.5. The van der Waals surface area contributed by atoms with E-state index in [0.717, 1.165) is 38.2 Å². The van der Waals surface area contributed by atoms with Crippen molar-refractivity contribution >= 4 is 0 Å². The fraction of sp³-hybridized carbons (Fsp3) is 0.647. The largest absolute Gasteiger partial charge is 0.493 e. The van der Waals surface area contributed by atoms with Crippen molar-refractivity contribution in [1.82, 2.24) is 5.32 Å². The van der Waals surface area contributed by atoms with E-state index in [9.17, 15) is 5.11 Å². The molecule has 2 atom stereocenters. The molecule has 1 aromatic carbocycles. The minimum atomic E-state index is -0.183. The Morgan fingerprint density at radius 3 is 2.55 bits per heavy atom. The third-order valence-corrected chi connectivity index (χ3v) is 3.80. The molecule has 2 N–H and O–H groups in total. The molecule has 112 valence electrons. The number of rotatable bonds is 6. The summed E-state index contributed by atoms with van der Waals surface area (Å²) in [6.07, 6.45) is 4.20. The number of nitrogens with one attached hydrogen (secondary N) is 1. The van der Waals surface area contributed by atoms with Gasteiger partial charge in [0, 0.05) is 12.6 Å². The Hall–Kier alpha value is -1.06. The first-order valence-corrected chi connectivity index (χ1v) is 7.78. The normalized spacial score (nSPS) is 23.0. The highest BCUT2D eigenvalue weighted by Crippen LogP contribution is 2.19.